The third kappa shape index (κ3) is 3.48. The summed E-state index contributed by atoms with van der Waals surface area (Å²) in [5.74, 6) is -0.775. The first-order chi connectivity index (χ1) is 9.04. The lowest BCUT2D eigenvalue weighted by molar-refractivity contribution is 0.0690. The average Bonchev–Trinajstić information content (AvgIpc) is 2.36. The van der Waals surface area contributed by atoms with Crippen molar-refractivity contribution in [1.29, 1.82) is 0 Å². The second-order valence-electron chi connectivity index (χ2n) is 4.15. The number of aryl methyl sites for hydroxylation is 2. The van der Waals surface area contributed by atoms with Gasteiger partial charge in [0.1, 0.15) is 0 Å². The van der Waals surface area contributed by atoms with Crippen molar-refractivity contribution in [3.05, 3.63) is 47.0 Å². The molecule has 0 radical (unpaired) electrons. The van der Waals surface area contributed by atoms with Gasteiger partial charge in [0.2, 0.25) is 5.95 Å². The number of nitrogens with zero attached hydrogens (tertiary/aromatic N) is 3. The van der Waals surface area contributed by atoms with E-state index in [4.69, 9.17) is 5.11 Å². The maximum Gasteiger partial charge on any atom is 0.354 e. The van der Waals surface area contributed by atoms with Crippen LogP contribution in [0.2, 0.25) is 0 Å². The summed E-state index contributed by atoms with van der Waals surface area (Å²) in [6, 6.07) is 7.14. The van der Waals surface area contributed by atoms with Gasteiger partial charge >= 0.3 is 5.97 Å². The summed E-state index contributed by atoms with van der Waals surface area (Å²) >= 11 is 0. The van der Waals surface area contributed by atoms with E-state index < -0.39 is 5.97 Å². The number of carboxylic acid groups (broad SMARTS) is 1. The molecule has 2 aromatic heterocycles. The van der Waals surface area contributed by atoms with Crippen molar-refractivity contribution < 1.29 is 9.90 Å². The van der Waals surface area contributed by atoms with Crippen LogP contribution in [0.5, 0.6) is 0 Å². The molecule has 0 spiro atoms. The van der Waals surface area contributed by atoms with Gasteiger partial charge in [-0.2, -0.15) is 0 Å². The molecular weight excluding hydrogens is 244 g/mol. The Morgan fingerprint density at radius 1 is 1.21 bits per heavy atom. The van der Waals surface area contributed by atoms with E-state index in [1.807, 2.05) is 25.1 Å². The van der Waals surface area contributed by atoms with Gasteiger partial charge in [-0.25, -0.2) is 14.8 Å². The third-order valence-electron chi connectivity index (χ3n) is 2.45. The molecule has 0 bridgehead atoms. The van der Waals surface area contributed by atoms with E-state index >= 15 is 0 Å². The van der Waals surface area contributed by atoms with E-state index in [0.717, 1.165) is 11.4 Å². The van der Waals surface area contributed by atoms with E-state index in [1.54, 1.807) is 6.92 Å². The normalized spacial score (nSPS) is 10.2. The molecule has 0 aromatic carbocycles. The minimum absolute atomic E-state index is 0.0211. The van der Waals surface area contributed by atoms with E-state index in [1.165, 1.54) is 6.07 Å². The lowest BCUT2D eigenvalue weighted by Crippen LogP contribution is -2.10. The van der Waals surface area contributed by atoms with Gasteiger partial charge in [-0.15, -0.1) is 0 Å². The van der Waals surface area contributed by atoms with E-state index in [0.29, 0.717) is 18.2 Å². The van der Waals surface area contributed by atoms with Crippen LogP contribution < -0.4 is 5.32 Å². The van der Waals surface area contributed by atoms with Crippen LogP contribution in [0.25, 0.3) is 0 Å². The monoisotopic (exact) mass is 258 g/mol. The Kier molecular flexibility index (Phi) is 3.70. The molecule has 0 atom stereocenters. The van der Waals surface area contributed by atoms with Crippen LogP contribution in [0.15, 0.2) is 24.3 Å². The van der Waals surface area contributed by atoms with Crippen molar-refractivity contribution in [2.75, 3.05) is 5.32 Å². The van der Waals surface area contributed by atoms with Crippen molar-refractivity contribution in [2.24, 2.45) is 0 Å². The number of nitrogens with one attached hydrogen (secondary N) is 1. The fourth-order valence-corrected chi connectivity index (χ4v) is 1.62. The fourth-order valence-electron chi connectivity index (χ4n) is 1.62. The highest BCUT2D eigenvalue weighted by molar-refractivity contribution is 5.85. The van der Waals surface area contributed by atoms with E-state index in [9.17, 15) is 4.79 Å². The maximum absolute atomic E-state index is 10.9. The zero-order valence-corrected chi connectivity index (χ0v) is 10.7. The van der Waals surface area contributed by atoms with Crippen molar-refractivity contribution in [1.82, 2.24) is 15.0 Å². The molecule has 0 aliphatic heterocycles. The minimum atomic E-state index is -1.07. The summed E-state index contributed by atoms with van der Waals surface area (Å²) in [6.07, 6.45) is 0. The van der Waals surface area contributed by atoms with E-state index in [2.05, 4.69) is 20.3 Å². The van der Waals surface area contributed by atoms with Crippen LogP contribution >= 0.6 is 0 Å². The van der Waals surface area contributed by atoms with Crippen LogP contribution in [0.4, 0.5) is 5.95 Å². The number of aromatic nitrogens is 3. The lowest BCUT2D eigenvalue weighted by atomic mass is 10.3. The second-order valence-corrected chi connectivity index (χ2v) is 4.15. The smallest absolute Gasteiger partial charge is 0.354 e. The number of hydrogen-bond acceptors (Lipinski definition) is 5. The molecule has 6 nitrogen and oxygen atoms in total. The number of carbonyl (C=O) groups is 1. The fraction of sp³-hybridized carbons (Fsp3) is 0.231. The second kappa shape index (κ2) is 5.43. The van der Waals surface area contributed by atoms with Crippen LogP contribution in [-0.2, 0) is 6.54 Å². The molecule has 0 saturated carbocycles. The SMILES string of the molecule is Cc1cccc(CNc2nc(C)cc(C(=O)O)n2)n1. The molecule has 19 heavy (non-hydrogen) atoms. The Morgan fingerprint density at radius 3 is 2.68 bits per heavy atom. The summed E-state index contributed by atoms with van der Waals surface area (Å²) in [6.45, 7) is 4.09. The Balaban J connectivity index is 2.13. The Bertz CT molecular complexity index is 613. The van der Waals surface area contributed by atoms with Gasteiger partial charge in [0.15, 0.2) is 5.69 Å². The summed E-state index contributed by atoms with van der Waals surface area (Å²) in [5, 5.41) is 11.9. The highest BCUT2D eigenvalue weighted by Crippen LogP contribution is 2.07. The van der Waals surface area contributed by atoms with Gasteiger partial charge in [0, 0.05) is 11.4 Å². The highest BCUT2D eigenvalue weighted by atomic mass is 16.4. The van der Waals surface area contributed by atoms with Gasteiger partial charge < -0.3 is 10.4 Å². The summed E-state index contributed by atoms with van der Waals surface area (Å²) in [7, 11) is 0. The Hall–Kier alpha value is -2.50. The van der Waals surface area contributed by atoms with Crippen LogP contribution in [-0.4, -0.2) is 26.0 Å². The highest BCUT2D eigenvalue weighted by Gasteiger charge is 2.08. The molecule has 2 aromatic rings. The number of carboxylic acids is 1. The van der Waals surface area contributed by atoms with Crippen molar-refractivity contribution >= 4 is 11.9 Å². The van der Waals surface area contributed by atoms with Crippen LogP contribution in [0, 0.1) is 13.8 Å². The molecule has 2 heterocycles. The predicted octanol–water partition coefficient (Wildman–Crippen LogP) is 1.80. The molecule has 0 saturated heterocycles. The Morgan fingerprint density at radius 2 is 2.00 bits per heavy atom. The van der Waals surface area contributed by atoms with Crippen molar-refractivity contribution in [3.63, 3.8) is 0 Å². The predicted molar refractivity (Wildman–Crippen MR) is 70.0 cm³/mol. The first-order valence-electron chi connectivity index (χ1n) is 5.80. The van der Waals surface area contributed by atoms with Gasteiger partial charge in [-0.05, 0) is 32.0 Å². The molecule has 0 amide bonds. The standard InChI is InChI=1S/C13H14N4O2/c1-8-4-3-5-10(15-8)7-14-13-16-9(2)6-11(17-13)12(18)19/h3-6H,7H2,1-2H3,(H,18,19)(H,14,16,17). The Labute approximate surface area is 110 Å². The van der Waals surface area contributed by atoms with Gasteiger partial charge in [0.25, 0.3) is 0 Å². The summed E-state index contributed by atoms with van der Waals surface area (Å²) in [5.41, 5.74) is 2.36. The number of hydrogen-bond donors (Lipinski definition) is 2. The number of aromatic carboxylic acids is 1. The summed E-state index contributed by atoms with van der Waals surface area (Å²) in [4.78, 5) is 23.3. The van der Waals surface area contributed by atoms with Gasteiger partial charge in [-0.1, -0.05) is 6.07 Å². The van der Waals surface area contributed by atoms with Crippen molar-refractivity contribution in [2.45, 2.75) is 20.4 Å². The topological polar surface area (TPSA) is 88.0 Å². The third-order valence-corrected chi connectivity index (χ3v) is 2.45. The molecule has 0 unspecified atom stereocenters. The zero-order chi connectivity index (χ0) is 13.8. The van der Waals surface area contributed by atoms with Crippen LogP contribution in [0.1, 0.15) is 27.6 Å². The number of anilines is 1. The van der Waals surface area contributed by atoms with Gasteiger partial charge in [0.05, 0.1) is 12.2 Å². The van der Waals surface area contributed by atoms with Crippen LogP contribution in [0.3, 0.4) is 0 Å². The van der Waals surface area contributed by atoms with Crippen molar-refractivity contribution in [3.8, 4) is 0 Å². The molecular formula is C13H14N4O2. The lowest BCUT2D eigenvalue weighted by Gasteiger charge is -2.06. The average molecular weight is 258 g/mol. The molecule has 2 rings (SSSR count). The molecule has 0 aliphatic rings. The zero-order valence-electron chi connectivity index (χ0n) is 10.7. The molecule has 0 aliphatic carbocycles. The first kappa shape index (κ1) is 12.9. The largest absolute Gasteiger partial charge is 0.477 e. The molecule has 98 valence electrons. The summed E-state index contributed by atoms with van der Waals surface area (Å²) < 4.78 is 0. The van der Waals surface area contributed by atoms with E-state index in [-0.39, 0.29) is 5.69 Å². The molecule has 2 N–H and O–H groups in total. The number of pyridine rings is 1. The maximum atomic E-state index is 10.9. The molecule has 6 heteroatoms. The number of rotatable bonds is 4. The van der Waals surface area contributed by atoms with Gasteiger partial charge in [-0.3, -0.25) is 4.98 Å². The first-order valence-corrected chi connectivity index (χ1v) is 5.80. The molecule has 0 fully saturated rings. The minimum Gasteiger partial charge on any atom is -0.477 e. The quantitative estimate of drug-likeness (QED) is 0.869.